The lowest BCUT2D eigenvalue weighted by Crippen LogP contribution is -2.37. The average molecular weight is 423 g/mol. The minimum Gasteiger partial charge on any atom is -0.458 e. The SMILES string of the molecule is C=C1C(=O)O[C@@H](C[C@@H](C)[C@H]2CC[C@H]3/C(=C/Br)CCC[C@]23C)[C@H]1CC(C)C. The highest BCUT2D eigenvalue weighted by atomic mass is 79.9. The van der Waals surface area contributed by atoms with Crippen LogP contribution in [0.2, 0.25) is 0 Å². The first kappa shape index (κ1) is 20.2. The van der Waals surface area contributed by atoms with Crippen LogP contribution in [0.3, 0.4) is 0 Å². The molecule has 2 nitrogen and oxygen atoms in total. The molecule has 0 aromatic heterocycles. The molecule has 0 radical (unpaired) electrons. The summed E-state index contributed by atoms with van der Waals surface area (Å²) in [6, 6.07) is 0. The lowest BCUT2D eigenvalue weighted by molar-refractivity contribution is -0.140. The van der Waals surface area contributed by atoms with Crippen molar-refractivity contribution in [3.05, 3.63) is 22.7 Å². The lowest BCUT2D eigenvalue weighted by Gasteiger charge is -2.44. The van der Waals surface area contributed by atoms with E-state index in [1.54, 1.807) is 5.57 Å². The molecule has 6 atom stereocenters. The number of ether oxygens (including phenoxy) is 1. The molecule has 0 N–H and O–H groups in total. The van der Waals surface area contributed by atoms with Gasteiger partial charge in [0.2, 0.25) is 0 Å². The molecule has 3 fully saturated rings. The number of carbonyl (C=O) groups is 1. The van der Waals surface area contributed by atoms with Gasteiger partial charge in [0.05, 0.1) is 0 Å². The minimum absolute atomic E-state index is 0.0322. The van der Waals surface area contributed by atoms with Gasteiger partial charge in [-0.3, -0.25) is 0 Å². The van der Waals surface area contributed by atoms with Crippen molar-refractivity contribution >= 4 is 21.9 Å². The van der Waals surface area contributed by atoms with Crippen LogP contribution in [0.15, 0.2) is 22.7 Å². The summed E-state index contributed by atoms with van der Waals surface area (Å²) in [7, 11) is 0. The topological polar surface area (TPSA) is 26.3 Å². The number of carbonyl (C=O) groups excluding carboxylic acids is 1. The number of halogens is 1. The monoisotopic (exact) mass is 422 g/mol. The van der Waals surface area contributed by atoms with Crippen LogP contribution in [0, 0.1) is 35.0 Å². The Morgan fingerprint density at radius 2 is 2.04 bits per heavy atom. The first-order valence-electron chi connectivity index (χ1n) is 10.5. The molecule has 1 heterocycles. The molecule has 146 valence electrons. The standard InChI is InChI=1S/C23H35BrO2/c1-14(2)11-18-16(4)22(25)26-21(18)12-15(3)19-8-9-20-17(13-24)7-6-10-23(19,20)5/h13-15,18-21H,4,6-12H2,1-3,5H3/b17-13+/t15-,18+,19-,20+,21+,23-/m1/s1. The average Bonchev–Trinajstić information content (AvgIpc) is 3.06. The molecule has 3 aliphatic rings. The molecule has 1 aliphatic heterocycles. The molecule has 0 aromatic rings. The maximum absolute atomic E-state index is 12.1. The zero-order chi connectivity index (χ0) is 19.1. The van der Waals surface area contributed by atoms with Gasteiger partial charge in [-0.15, -0.1) is 0 Å². The molecule has 2 aliphatic carbocycles. The van der Waals surface area contributed by atoms with Crippen LogP contribution in [0.1, 0.15) is 72.6 Å². The van der Waals surface area contributed by atoms with Crippen molar-refractivity contribution in [3.8, 4) is 0 Å². The van der Waals surface area contributed by atoms with E-state index in [2.05, 4.69) is 55.2 Å². The van der Waals surface area contributed by atoms with Crippen molar-refractivity contribution in [2.45, 2.75) is 78.7 Å². The first-order chi connectivity index (χ1) is 12.3. The molecule has 3 rings (SSSR count). The maximum Gasteiger partial charge on any atom is 0.334 e. The normalized spacial score (nSPS) is 40.2. The van der Waals surface area contributed by atoms with Crippen LogP contribution < -0.4 is 0 Å². The van der Waals surface area contributed by atoms with Crippen molar-refractivity contribution in [2.75, 3.05) is 0 Å². The van der Waals surface area contributed by atoms with Crippen molar-refractivity contribution in [2.24, 2.45) is 35.0 Å². The molecular weight excluding hydrogens is 388 g/mol. The summed E-state index contributed by atoms with van der Waals surface area (Å²) >= 11 is 3.61. The van der Waals surface area contributed by atoms with E-state index in [1.165, 1.54) is 32.1 Å². The maximum atomic E-state index is 12.1. The van der Waals surface area contributed by atoms with Gasteiger partial charge >= 0.3 is 5.97 Å². The van der Waals surface area contributed by atoms with Gasteiger partial charge in [0, 0.05) is 11.5 Å². The molecule has 0 bridgehead atoms. The van der Waals surface area contributed by atoms with Gasteiger partial charge in [-0.25, -0.2) is 4.79 Å². The van der Waals surface area contributed by atoms with Crippen LogP contribution in [0.25, 0.3) is 0 Å². The largest absolute Gasteiger partial charge is 0.458 e. The van der Waals surface area contributed by atoms with Gasteiger partial charge in [-0.2, -0.15) is 0 Å². The molecule has 2 saturated carbocycles. The van der Waals surface area contributed by atoms with E-state index in [0.29, 0.717) is 22.8 Å². The summed E-state index contributed by atoms with van der Waals surface area (Å²) in [5.41, 5.74) is 2.73. The summed E-state index contributed by atoms with van der Waals surface area (Å²) in [5, 5.41) is 0. The summed E-state index contributed by atoms with van der Waals surface area (Å²) in [6.07, 6.45) is 8.54. The number of hydrogen-bond donors (Lipinski definition) is 0. The van der Waals surface area contributed by atoms with Crippen molar-refractivity contribution in [1.82, 2.24) is 0 Å². The third-order valence-corrected chi connectivity index (χ3v) is 8.20. The van der Waals surface area contributed by atoms with E-state index in [1.807, 2.05) is 0 Å². The number of fused-ring (bicyclic) bond motifs is 1. The number of esters is 1. The molecule has 1 saturated heterocycles. The number of rotatable bonds is 5. The van der Waals surface area contributed by atoms with Gasteiger partial charge in [-0.05, 0) is 79.0 Å². The molecule has 0 amide bonds. The van der Waals surface area contributed by atoms with Gasteiger partial charge in [-0.1, -0.05) is 55.8 Å². The van der Waals surface area contributed by atoms with Gasteiger partial charge < -0.3 is 4.74 Å². The van der Waals surface area contributed by atoms with Crippen molar-refractivity contribution in [1.29, 1.82) is 0 Å². The van der Waals surface area contributed by atoms with E-state index >= 15 is 0 Å². The lowest BCUT2D eigenvalue weighted by atomic mass is 9.61. The summed E-state index contributed by atoms with van der Waals surface area (Å²) in [6.45, 7) is 13.4. The van der Waals surface area contributed by atoms with Crippen LogP contribution in [-0.4, -0.2) is 12.1 Å². The Balaban J connectivity index is 1.72. The zero-order valence-electron chi connectivity index (χ0n) is 16.9. The third-order valence-electron chi connectivity index (χ3n) is 7.61. The number of hydrogen-bond acceptors (Lipinski definition) is 2. The highest BCUT2D eigenvalue weighted by molar-refractivity contribution is 9.11. The first-order valence-corrected chi connectivity index (χ1v) is 11.4. The number of cyclic esters (lactones) is 1. The fraction of sp³-hybridized carbons (Fsp3) is 0.783. The van der Waals surface area contributed by atoms with E-state index in [4.69, 9.17) is 4.74 Å². The summed E-state index contributed by atoms with van der Waals surface area (Å²) < 4.78 is 5.77. The molecule has 0 aromatic carbocycles. The minimum atomic E-state index is -0.162. The molecule has 26 heavy (non-hydrogen) atoms. The highest BCUT2D eigenvalue weighted by Crippen LogP contribution is 2.60. The number of allylic oxidation sites excluding steroid dienone is 1. The Labute approximate surface area is 168 Å². The fourth-order valence-corrected chi connectivity index (χ4v) is 6.91. The van der Waals surface area contributed by atoms with Crippen LogP contribution in [0.5, 0.6) is 0 Å². The summed E-state index contributed by atoms with van der Waals surface area (Å²) in [4.78, 5) is 14.3. The predicted octanol–water partition coefficient (Wildman–Crippen LogP) is 6.65. The van der Waals surface area contributed by atoms with E-state index in [-0.39, 0.29) is 18.0 Å². The summed E-state index contributed by atoms with van der Waals surface area (Å²) in [5.74, 6) is 2.64. The Hall–Kier alpha value is -0.570. The van der Waals surface area contributed by atoms with Gasteiger partial charge in [0.15, 0.2) is 0 Å². The van der Waals surface area contributed by atoms with Crippen LogP contribution in [-0.2, 0) is 9.53 Å². The molecule has 3 heteroatoms. The van der Waals surface area contributed by atoms with Crippen LogP contribution in [0.4, 0.5) is 0 Å². The zero-order valence-corrected chi connectivity index (χ0v) is 18.5. The van der Waals surface area contributed by atoms with Gasteiger partial charge in [0.1, 0.15) is 6.10 Å². The quantitative estimate of drug-likeness (QED) is 0.365. The second-order valence-electron chi connectivity index (χ2n) is 9.70. The van der Waals surface area contributed by atoms with Crippen molar-refractivity contribution < 1.29 is 9.53 Å². The highest BCUT2D eigenvalue weighted by Gasteiger charge is 2.51. The van der Waals surface area contributed by atoms with Crippen molar-refractivity contribution in [3.63, 3.8) is 0 Å². The predicted molar refractivity (Wildman–Crippen MR) is 111 cm³/mol. The third kappa shape index (κ3) is 3.57. The van der Waals surface area contributed by atoms with Gasteiger partial charge in [0.25, 0.3) is 0 Å². The molecule has 0 spiro atoms. The van der Waals surface area contributed by atoms with E-state index in [0.717, 1.165) is 24.7 Å². The Morgan fingerprint density at radius 1 is 1.31 bits per heavy atom. The Bertz CT molecular complexity index is 593. The second kappa shape index (κ2) is 7.81. The fourth-order valence-electron chi connectivity index (χ4n) is 6.36. The van der Waals surface area contributed by atoms with E-state index < -0.39 is 0 Å². The Morgan fingerprint density at radius 3 is 2.69 bits per heavy atom. The Kier molecular flexibility index (Phi) is 6.06. The molecular formula is C23H35BrO2. The smallest absolute Gasteiger partial charge is 0.334 e. The van der Waals surface area contributed by atoms with E-state index in [9.17, 15) is 4.79 Å². The molecule has 0 unspecified atom stereocenters. The second-order valence-corrected chi connectivity index (χ2v) is 10.2. The van der Waals surface area contributed by atoms with Crippen LogP contribution >= 0.6 is 15.9 Å².